The molecule has 0 aliphatic carbocycles. The van der Waals surface area contributed by atoms with Gasteiger partial charge in [-0.25, -0.2) is 0 Å². The molecule has 1 unspecified atom stereocenters. The Morgan fingerprint density at radius 2 is 1.92 bits per heavy atom. The largest absolute Gasteiger partial charge is 0.351 e. The number of thiocarbonyl (C=S) groups is 1. The monoisotopic (exact) mass is 365 g/mol. The Balaban J connectivity index is 2.60. The fourth-order valence-electron chi connectivity index (χ4n) is 3.06. The van der Waals surface area contributed by atoms with Crippen LogP contribution in [-0.4, -0.2) is 40.5 Å². The second-order valence-electron chi connectivity index (χ2n) is 5.62. The molecule has 0 saturated heterocycles. The van der Waals surface area contributed by atoms with Crippen LogP contribution in [0.15, 0.2) is 35.5 Å². The molecule has 1 heterocycles. The van der Waals surface area contributed by atoms with E-state index in [2.05, 4.69) is 5.32 Å². The average Bonchev–Trinajstić information content (AvgIpc) is 2.56. The van der Waals surface area contributed by atoms with Gasteiger partial charge in [0.2, 0.25) is 0 Å². The van der Waals surface area contributed by atoms with Crippen molar-refractivity contribution >= 4 is 34.8 Å². The number of halogens is 1. The summed E-state index contributed by atoms with van der Waals surface area (Å²) in [6.07, 6.45) is 0. The zero-order valence-corrected chi connectivity index (χ0v) is 16.2. The second-order valence-corrected chi connectivity index (χ2v) is 6.42. The van der Waals surface area contributed by atoms with E-state index >= 15 is 0 Å². The predicted molar refractivity (Wildman–Crippen MR) is 103 cm³/mol. The van der Waals surface area contributed by atoms with Crippen molar-refractivity contribution < 1.29 is 4.79 Å². The quantitative estimate of drug-likeness (QED) is 0.806. The van der Waals surface area contributed by atoms with Crippen molar-refractivity contribution in [3.63, 3.8) is 0 Å². The minimum absolute atomic E-state index is 0.0240. The van der Waals surface area contributed by atoms with Gasteiger partial charge in [0.25, 0.3) is 5.91 Å². The zero-order chi connectivity index (χ0) is 17.9. The molecule has 2 rings (SSSR count). The van der Waals surface area contributed by atoms with E-state index in [9.17, 15) is 4.79 Å². The first-order valence-corrected chi connectivity index (χ1v) is 9.07. The molecule has 0 bridgehead atoms. The number of carbonyl (C=O) groups is 1. The molecule has 0 fully saturated rings. The van der Waals surface area contributed by atoms with Crippen LogP contribution < -0.4 is 5.32 Å². The molecule has 0 saturated carbocycles. The minimum Gasteiger partial charge on any atom is -0.351 e. The lowest BCUT2D eigenvalue weighted by molar-refractivity contribution is -0.127. The Bertz CT molecular complexity index is 670. The normalized spacial score (nSPS) is 17.8. The Labute approximate surface area is 154 Å². The average molecular weight is 366 g/mol. The van der Waals surface area contributed by atoms with E-state index in [1.54, 1.807) is 0 Å². The van der Waals surface area contributed by atoms with E-state index in [0.29, 0.717) is 35.3 Å². The SMILES string of the molecule is CCN(CC)C(=O)C1=C(C)N(CC)C(=S)NC1c1ccccc1Cl. The zero-order valence-electron chi connectivity index (χ0n) is 14.6. The van der Waals surface area contributed by atoms with Gasteiger partial charge in [-0.3, -0.25) is 4.79 Å². The number of likely N-dealkylation sites (N-methyl/N-ethyl adjacent to an activating group) is 1. The number of allylic oxidation sites excluding steroid dienone is 1. The van der Waals surface area contributed by atoms with Crippen LogP contribution in [0.1, 0.15) is 39.3 Å². The highest BCUT2D eigenvalue weighted by Gasteiger charge is 2.35. The minimum atomic E-state index is -0.331. The third-order valence-electron chi connectivity index (χ3n) is 4.41. The molecule has 0 aromatic heterocycles. The number of hydrogen-bond acceptors (Lipinski definition) is 2. The number of nitrogens with zero attached hydrogens (tertiary/aromatic N) is 2. The molecule has 1 aromatic rings. The van der Waals surface area contributed by atoms with Gasteiger partial charge in [0.1, 0.15) is 0 Å². The van der Waals surface area contributed by atoms with Gasteiger partial charge in [-0.05, 0) is 51.5 Å². The van der Waals surface area contributed by atoms with Crippen LogP contribution in [0.25, 0.3) is 0 Å². The Hall–Kier alpha value is -1.59. The molecule has 1 amide bonds. The maximum Gasteiger partial charge on any atom is 0.253 e. The van der Waals surface area contributed by atoms with E-state index in [0.717, 1.165) is 11.3 Å². The summed E-state index contributed by atoms with van der Waals surface area (Å²) in [6.45, 7) is 9.99. The lowest BCUT2D eigenvalue weighted by atomic mass is 9.93. The third kappa shape index (κ3) is 3.42. The maximum absolute atomic E-state index is 13.1. The van der Waals surface area contributed by atoms with Crippen LogP contribution in [0.5, 0.6) is 0 Å². The molecule has 24 heavy (non-hydrogen) atoms. The lowest BCUT2D eigenvalue weighted by Gasteiger charge is -2.39. The molecule has 1 atom stereocenters. The smallest absolute Gasteiger partial charge is 0.253 e. The standard InChI is InChI=1S/C18H24ClN3OS/c1-5-21(6-2)17(23)15-12(4)22(7-3)18(24)20-16(15)13-10-8-9-11-14(13)19/h8-11,16H,5-7H2,1-4H3,(H,20,24). The number of benzene rings is 1. The van der Waals surface area contributed by atoms with Crippen LogP contribution >= 0.6 is 23.8 Å². The van der Waals surface area contributed by atoms with Gasteiger partial charge in [-0.15, -0.1) is 0 Å². The Morgan fingerprint density at radius 3 is 2.46 bits per heavy atom. The summed E-state index contributed by atoms with van der Waals surface area (Å²) in [4.78, 5) is 16.9. The topological polar surface area (TPSA) is 35.6 Å². The molecule has 1 aliphatic rings. The number of nitrogens with one attached hydrogen (secondary N) is 1. The van der Waals surface area contributed by atoms with Gasteiger partial charge < -0.3 is 15.1 Å². The summed E-state index contributed by atoms with van der Waals surface area (Å²) in [6, 6.07) is 7.25. The van der Waals surface area contributed by atoms with Crippen LogP contribution in [-0.2, 0) is 4.79 Å². The van der Waals surface area contributed by atoms with Gasteiger partial charge in [0, 0.05) is 30.4 Å². The molecule has 1 aromatic carbocycles. The molecule has 6 heteroatoms. The summed E-state index contributed by atoms with van der Waals surface area (Å²) >= 11 is 11.9. The first-order chi connectivity index (χ1) is 11.5. The number of hydrogen-bond donors (Lipinski definition) is 1. The molecule has 0 spiro atoms. The number of amides is 1. The van der Waals surface area contributed by atoms with Crippen molar-refractivity contribution in [3.8, 4) is 0 Å². The van der Waals surface area contributed by atoms with Gasteiger partial charge in [-0.1, -0.05) is 29.8 Å². The van der Waals surface area contributed by atoms with Crippen LogP contribution in [0.3, 0.4) is 0 Å². The summed E-state index contributed by atoms with van der Waals surface area (Å²) < 4.78 is 0. The molecule has 4 nitrogen and oxygen atoms in total. The van der Waals surface area contributed by atoms with Gasteiger partial charge >= 0.3 is 0 Å². The summed E-state index contributed by atoms with van der Waals surface area (Å²) in [5.74, 6) is 0.0240. The van der Waals surface area contributed by atoms with Crippen molar-refractivity contribution in [2.75, 3.05) is 19.6 Å². The first kappa shape index (κ1) is 18.7. The van der Waals surface area contributed by atoms with E-state index in [1.165, 1.54) is 0 Å². The summed E-state index contributed by atoms with van der Waals surface area (Å²) in [5, 5.41) is 4.55. The summed E-state index contributed by atoms with van der Waals surface area (Å²) in [5.41, 5.74) is 2.47. The number of rotatable bonds is 5. The molecule has 1 N–H and O–H groups in total. The fraction of sp³-hybridized carbons (Fsp3) is 0.444. The third-order valence-corrected chi connectivity index (χ3v) is 5.09. The van der Waals surface area contributed by atoms with Gasteiger partial charge in [0.15, 0.2) is 5.11 Å². The molecular weight excluding hydrogens is 342 g/mol. The van der Waals surface area contributed by atoms with Crippen LogP contribution in [0.2, 0.25) is 5.02 Å². The van der Waals surface area contributed by atoms with E-state index < -0.39 is 0 Å². The van der Waals surface area contributed by atoms with Gasteiger partial charge in [-0.2, -0.15) is 0 Å². The van der Waals surface area contributed by atoms with Crippen molar-refractivity contribution in [1.82, 2.24) is 15.1 Å². The molecule has 1 aliphatic heterocycles. The van der Waals surface area contributed by atoms with Crippen molar-refractivity contribution in [1.29, 1.82) is 0 Å². The molecular formula is C18H24ClN3OS. The highest BCUT2D eigenvalue weighted by molar-refractivity contribution is 7.80. The first-order valence-electron chi connectivity index (χ1n) is 8.28. The lowest BCUT2D eigenvalue weighted by Crippen LogP contribution is -2.49. The van der Waals surface area contributed by atoms with Gasteiger partial charge in [0.05, 0.1) is 11.6 Å². The fourth-order valence-corrected chi connectivity index (χ4v) is 3.69. The predicted octanol–water partition coefficient (Wildman–Crippen LogP) is 3.73. The van der Waals surface area contributed by atoms with E-state index in [1.807, 2.05) is 61.8 Å². The van der Waals surface area contributed by atoms with Crippen LogP contribution in [0, 0.1) is 0 Å². The van der Waals surface area contributed by atoms with Crippen molar-refractivity contribution in [2.45, 2.75) is 33.7 Å². The Morgan fingerprint density at radius 1 is 1.29 bits per heavy atom. The second kappa shape index (κ2) is 7.99. The number of carbonyl (C=O) groups excluding carboxylic acids is 1. The van der Waals surface area contributed by atoms with Crippen molar-refractivity contribution in [2.24, 2.45) is 0 Å². The van der Waals surface area contributed by atoms with Crippen molar-refractivity contribution in [3.05, 3.63) is 46.1 Å². The highest BCUT2D eigenvalue weighted by Crippen LogP contribution is 2.34. The molecule has 0 radical (unpaired) electrons. The maximum atomic E-state index is 13.1. The van der Waals surface area contributed by atoms with Crippen LogP contribution in [0.4, 0.5) is 0 Å². The van der Waals surface area contributed by atoms with E-state index in [4.69, 9.17) is 23.8 Å². The molecule has 130 valence electrons. The highest BCUT2D eigenvalue weighted by atomic mass is 35.5. The van der Waals surface area contributed by atoms with E-state index in [-0.39, 0.29) is 11.9 Å². The summed E-state index contributed by atoms with van der Waals surface area (Å²) in [7, 11) is 0. The Kier molecular flexibility index (Phi) is 6.24.